The number of hydrogen-bond donors (Lipinski definition) is 0. The molecule has 0 radical (unpaired) electrons. The van der Waals surface area contributed by atoms with Crippen LogP contribution in [0.3, 0.4) is 0 Å². The van der Waals surface area contributed by atoms with E-state index >= 15 is 0 Å². The first-order valence-electron chi connectivity index (χ1n) is 6.17. The smallest absolute Gasteiger partial charge is 0.311 e. The van der Waals surface area contributed by atoms with E-state index in [-0.39, 0.29) is 11.4 Å². The molecule has 0 aromatic heterocycles. The molecule has 0 heterocycles. The zero-order valence-corrected chi connectivity index (χ0v) is 10.5. The van der Waals surface area contributed by atoms with Crippen LogP contribution in [-0.2, 0) is 9.53 Å². The fourth-order valence-electron chi connectivity index (χ4n) is 2.45. The van der Waals surface area contributed by atoms with E-state index in [9.17, 15) is 4.79 Å². The molecule has 0 atom stereocenters. The SMILES string of the molecule is CCOC(=O)C1(C)CCC(C(C)C)CC1. The molecule has 0 amide bonds. The van der Waals surface area contributed by atoms with Gasteiger partial charge in [-0.05, 0) is 51.4 Å². The lowest BCUT2D eigenvalue weighted by Crippen LogP contribution is -2.35. The van der Waals surface area contributed by atoms with E-state index in [1.54, 1.807) is 0 Å². The highest BCUT2D eigenvalue weighted by atomic mass is 16.5. The molecule has 88 valence electrons. The third kappa shape index (κ3) is 2.96. The van der Waals surface area contributed by atoms with Crippen LogP contribution in [0.2, 0.25) is 0 Å². The molecule has 0 aromatic carbocycles. The summed E-state index contributed by atoms with van der Waals surface area (Å²) in [6.45, 7) is 8.99. The van der Waals surface area contributed by atoms with Crippen molar-refractivity contribution in [2.45, 2.75) is 53.4 Å². The van der Waals surface area contributed by atoms with Gasteiger partial charge in [0.15, 0.2) is 0 Å². The van der Waals surface area contributed by atoms with Crippen LogP contribution in [0.5, 0.6) is 0 Å². The summed E-state index contributed by atoms with van der Waals surface area (Å²) in [5.74, 6) is 1.55. The Morgan fingerprint density at radius 1 is 1.40 bits per heavy atom. The molecule has 2 nitrogen and oxygen atoms in total. The highest BCUT2D eigenvalue weighted by molar-refractivity contribution is 5.76. The van der Waals surface area contributed by atoms with Gasteiger partial charge in [-0.25, -0.2) is 0 Å². The second-order valence-electron chi connectivity index (χ2n) is 5.36. The van der Waals surface area contributed by atoms with Crippen molar-refractivity contribution in [2.75, 3.05) is 6.61 Å². The molecule has 0 spiro atoms. The van der Waals surface area contributed by atoms with Crippen molar-refractivity contribution in [3.8, 4) is 0 Å². The summed E-state index contributed by atoms with van der Waals surface area (Å²) in [5.41, 5.74) is -0.207. The van der Waals surface area contributed by atoms with Crippen LogP contribution in [0.4, 0.5) is 0 Å². The second-order valence-corrected chi connectivity index (χ2v) is 5.36. The Morgan fingerprint density at radius 3 is 2.33 bits per heavy atom. The third-order valence-electron chi connectivity index (χ3n) is 3.84. The predicted molar refractivity (Wildman–Crippen MR) is 61.5 cm³/mol. The Labute approximate surface area is 93.4 Å². The van der Waals surface area contributed by atoms with Gasteiger partial charge in [-0.3, -0.25) is 4.79 Å². The molecule has 1 aliphatic carbocycles. The first-order chi connectivity index (χ1) is 6.99. The van der Waals surface area contributed by atoms with Crippen LogP contribution in [0, 0.1) is 17.3 Å². The van der Waals surface area contributed by atoms with Crippen molar-refractivity contribution < 1.29 is 9.53 Å². The Balaban J connectivity index is 2.50. The van der Waals surface area contributed by atoms with Crippen LogP contribution < -0.4 is 0 Å². The lowest BCUT2D eigenvalue weighted by atomic mass is 9.69. The van der Waals surface area contributed by atoms with E-state index in [1.165, 1.54) is 12.8 Å². The minimum absolute atomic E-state index is 0.00667. The molecule has 0 aromatic rings. The average molecular weight is 212 g/mol. The Kier molecular flexibility index (Phi) is 4.18. The molecule has 1 aliphatic rings. The molecular formula is C13H24O2. The highest BCUT2D eigenvalue weighted by Gasteiger charge is 2.39. The molecule has 1 fully saturated rings. The summed E-state index contributed by atoms with van der Waals surface area (Å²) in [4.78, 5) is 11.8. The van der Waals surface area contributed by atoms with Gasteiger partial charge < -0.3 is 4.74 Å². The van der Waals surface area contributed by atoms with Crippen molar-refractivity contribution >= 4 is 5.97 Å². The van der Waals surface area contributed by atoms with E-state index in [0.29, 0.717) is 6.61 Å². The molecule has 1 saturated carbocycles. The zero-order valence-electron chi connectivity index (χ0n) is 10.5. The number of ether oxygens (including phenoxy) is 1. The highest BCUT2D eigenvalue weighted by Crippen LogP contribution is 2.41. The van der Waals surface area contributed by atoms with Gasteiger partial charge in [0.25, 0.3) is 0 Å². The van der Waals surface area contributed by atoms with Crippen molar-refractivity contribution in [3.05, 3.63) is 0 Å². The van der Waals surface area contributed by atoms with Gasteiger partial charge in [0.1, 0.15) is 0 Å². The van der Waals surface area contributed by atoms with Gasteiger partial charge in [0.2, 0.25) is 0 Å². The van der Waals surface area contributed by atoms with Gasteiger partial charge in [0.05, 0.1) is 12.0 Å². The fourth-order valence-corrected chi connectivity index (χ4v) is 2.45. The molecule has 2 heteroatoms. The number of carbonyl (C=O) groups excluding carboxylic acids is 1. The molecular weight excluding hydrogens is 188 g/mol. The summed E-state index contributed by atoms with van der Waals surface area (Å²) in [5, 5.41) is 0. The minimum Gasteiger partial charge on any atom is -0.466 e. The van der Waals surface area contributed by atoms with Crippen LogP contribution in [0.1, 0.15) is 53.4 Å². The Hall–Kier alpha value is -0.530. The van der Waals surface area contributed by atoms with E-state index < -0.39 is 0 Å². The van der Waals surface area contributed by atoms with Crippen molar-refractivity contribution in [2.24, 2.45) is 17.3 Å². The first kappa shape index (κ1) is 12.5. The van der Waals surface area contributed by atoms with Crippen LogP contribution in [0.15, 0.2) is 0 Å². The molecule has 0 N–H and O–H groups in total. The summed E-state index contributed by atoms with van der Waals surface area (Å²) >= 11 is 0. The first-order valence-corrected chi connectivity index (χ1v) is 6.17. The lowest BCUT2D eigenvalue weighted by Gasteiger charge is -2.36. The van der Waals surface area contributed by atoms with Gasteiger partial charge >= 0.3 is 5.97 Å². The summed E-state index contributed by atoms with van der Waals surface area (Å²) in [6.07, 6.45) is 4.34. The molecule has 0 saturated heterocycles. The number of rotatable bonds is 3. The minimum atomic E-state index is -0.207. The standard InChI is InChI=1S/C13H24O2/c1-5-15-12(14)13(4)8-6-11(7-9-13)10(2)3/h10-11H,5-9H2,1-4H3. The van der Waals surface area contributed by atoms with Crippen molar-refractivity contribution in [1.82, 2.24) is 0 Å². The third-order valence-corrected chi connectivity index (χ3v) is 3.84. The summed E-state index contributed by atoms with van der Waals surface area (Å²) in [6, 6.07) is 0. The van der Waals surface area contributed by atoms with E-state index in [4.69, 9.17) is 4.74 Å². The van der Waals surface area contributed by atoms with Gasteiger partial charge in [-0.15, -0.1) is 0 Å². The maximum absolute atomic E-state index is 11.8. The normalized spacial score (nSPS) is 31.7. The number of esters is 1. The summed E-state index contributed by atoms with van der Waals surface area (Å²) < 4.78 is 5.14. The number of carbonyl (C=O) groups is 1. The molecule has 0 aliphatic heterocycles. The van der Waals surface area contributed by atoms with E-state index in [0.717, 1.165) is 24.7 Å². The van der Waals surface area contributed by atoms with E-state index in [2.05, 4.69) is 20.8 Å². The maximum Gasteiger partial charge on any atom is 0.311 e. The second kappa shape index (κ2) is 5.00. The van der Waals surface area contributed by atoms with Crippen LogP contribution in [-0.4, -0.2) is 12.6 Å². The monoisotopic (exact) mass is 212 g/mol. The predicted octanol–water partition coefficient (Wildman–Crippen LogP) is 3.40. The Bertz CT molecular complexity index is 213. The topological polar surface area (TPSA) is 26.3 Å². The molecule has 0 unspecified atom stereocenters. The zero-order chi connectivity index (χ0) is 11.5. The van der Waals surface area contributed by atoms with Crippen molar-refractivity contribution in [1.29, 1.82) is 0 Å². The van der Waals surface area contributed by atoms with Gasteiger partial charge in [-0.2, -0.15) is 0 Å². The lowest BCUT2D eigenvalue weighted by molar-refractivity contribution is -0.157. The molecule has 0 bridgehead atoms. The van der Waals surface area contributed by atoms with Crippen LogP contribution >= 0.6 is 0 Å². The molecule has 15 heavy (non-hydrogen) atoms. The maximum atomic E-state index is 11.8. The van der Waals surface area contributed by atoms with Gasteiger partial charge in [-0.1, -0.05) is 13.8 Å². The van der Waals surface area contributed by atoms with Gasteiger partial charge in [0, 0.05) is 0 Å². The quantitative estimate of drug-likeness (QED) is 0.670. The summed E-state index contributed by atoms with van der Waals surface area (Å²) in [7, 11) is 0. The van der Waals surface area contributed by atoms with E-state index in [1.807, 2.05) is 6.92 Å². The number of hydrogen-bond acceptors (Lipinski definition) is 2. The van der Waals surface area contributed by atoms with Crippen LogP contribution in [0.25, 0.3) is 0 Å². The largest absolute Gasteiger partial charge is 0.466 e. The average Bonchev–Trinajstić information content (AvgIpc) is 2.18. The fraction of sp³-hybridized carbons (Fsp3) is 0.923. The molecule has 1 rings (SSSR count). The Morgan fingerprint density at radius 2 is 1.93 bits per heavy atom. The van der Waals surface area contributed by atoms with Crippen molar-refractivity contribution in [3.63, 3.8) is 0 Å².